The van der Waals surface area contributed by atoms with Crippen LogP contribution in [0.2, 0.25) is 0 Å². The minimum absolute atomic E-state index is 0.0760. The van der Waals surface area contributed by atoms with Crippen molar-refractivity contribution in [1.82, 2.24) is 15.4 Å². The molecule has 1 aromatic rings. The second-order valence-corrected chi connectivity index (χ2v) is 8.82. The van der Waals surface area contributed by atoms with Crippen molar-refractivity contribution in [3.8, 4) is 0 Å². The first-order chi connectivity index (χ1) is 11.2. The van der Waals surface area contributed by atoms with Crippen LogP contribution in [-0.4, -0.2) is 32.5 Å². The smallest absolute Gasteiger partial charge is 0.240 e. The lowest BCUT2D eigenvalue weighted by atomic mass is 10.1. The van der Waals surface area contributed by atoms with Crippen LogP contribution in [0.1, 0.15) is 46.1 Å². The van der Waals surface area contributed by atoms with E-state index < -0.39 is 10.0 Å². The van der Waals surface area contributed by atoms with Crippen LogP contribution < -0.4 is 15.4 Å². The molecule has 0 unspecified atom stereocenters. The van der Waals surface area contributed by atoms with E-state index in [1.54, 1.807) is 12.1 Å². The van der Waals surface area contributed by atoms with Crippen molar-refractivity contribution in [2.24, 2.45) is 4.99 Å². The van der Waals surface area contributed by atoms with Crippen LogP contribution in [0, 0.1) is 0 Å². The maximum Gasteiger partial charge on any atom is 0.240 e. The van der Waals surface area contributed by atoms with Crippen LogP contribution in [0.4, 0.5) is 0 Å². The van der Waals surface area contributed by atoms with Crippen molar-refractivity contribution < 1.29 is 8.42 Å². The van der Waals surface area contributed by atoms with E-state index in [0.29, 0.717) is 11.4 Å². The van der Waals surface area contributed by atoms with Gasteiger partial charge in [-0.1, -0.05) is 12.1 Å². The topological polar surface area (TPSA) is 82.6 Å². The second kappa shape index (κ2) is 7.53. The molecule has 0 aromatic heterocycles. The Morgan fingerprint density at radius 3 is 2.33 bits per heavy atom. The molecular formula is C17H28N4O2S. The Morgan fingerprint density at radius 1 is 1.21 bits per heavy atom. The summed E-state index contributed by atoms with van der Waals surface area (Å²) in [5, 5.41) is 6.53. The number of aliphatic imine (C=N–C) groups is 1. The quantitative estimate of drug-likeness (QED) is 0.540. The Labute approximate surface area is 145 Å². The van der Waals surface area contributed by atoms with Gasteiger partial charge in [-0.3, -0.25) is 0 Å². The third kappa shape index (κ3) is 6.13. The summed E-state index contributed by atoms with van der Waals surface area (Å²) in [7, 11) is -3.39. The molecule has 1 aliphatic rings. The number of nitrogens with one attached hydrogen (secondary N) is 3. The van der Waals surface area contributed by atoms with Crippen LogP contribution in [-0.2, 0) is 16.6 Å². The number of nitrogens with zero attached hydrogens (tertiary/aromatic N) is 1. The van der Waals surface area contributed by atoms with Gasteiger partial charge in [-0.05, 0) is 58.2 Å². The van der Waals surface area contributed by atoms with Gasteiger partial charge in [0.15, 0.2) is 5.96 Å². The molecule has 2 rings (SSSR count). The number of rotatable bonds is 6. The van der Waals surface area contributed by atoms with Crippen molar-refractivity contribution in [2.45, 2.75) is 63.6 Å². The van der Waals surface area contributed by atoms with Gasteiger partial charge in [-0.2, -0.15) is 0 Å². The molecule has 7 heteroatoms. The monoisotopic (exact) mass is 352 g/mol. The van der Waals surface area contributed by atoms with Gasteiger partial charge in [0.05, 0.1) is 11.4 Å². The molecule has 6 nitrogen and oxygen atoms in total. The molecule has 134 valence electrons. The van der Waals surface area contributed by atoms with E-state index in [2.05, 4.69) is 41.1 Å². The van der Waals surface area contributed by atoms with E-state index in [1.807, 2.05) is 19.1 Å². The largest absolute Gasteiger partial charge is 0.357 e. The van der Waals surface area contributed by atoms with E-state index in [1.165, 1.54) is 0 Å². The van der Waals surface area contributed by atoms with Crippen LogP contribution in [0.15, 0.2) is 34.2 Å². The van der Waals surface area contributed by atoms with Crippen molar-refractivity contribution >= 4 is 16.0 Å². The zero-order valence-electron chi connectivity index (χ0n) is 14.9. The summed E-state index contributed by atoms with van der Waals surface area (Å²) in [5.74, 6) is 0.747. The SMILES string of the molecule is CCNC(=NCc1ccc(S(=O)(=O)NC2CC2)cc1)NC(C)(C)C. The molecule has 0 atom stereocenters. The molecule has 1 fully saturated rings. The number of benzene rings is 1. The van der Waals surface area contributed by atoms with Crippen molar-refractivity contribution in [1.29, 1.82) is 0 Å². The van der Waals surface area contributed by atoms with E-state index in [9.17, 15) is 8.42 Å². The highest BCUT2D eigenvalue weighted by Gasteiger charge is 2.27. The lowest BCUT2D eigenvalue weighted by Crippen LogP contribution is -2.47. The third-order valence-corrected chi connectivity index (χ3v) is 4.93. The van der Waals surface area contributed by atoms with Gasteiger partial charge in [0.1, 0.15) is 0 Å². The fourth-order valence-electron chi connectivity index (χ4n) is 2.10. The summed E-state index contributed by atoms with van der Waals surface area (Å²) in [6, 6.07) is 7.02. The van der Waals surface area contributed by atoms with Gasteiger partial charge in [0, 0.05) is 18.1 Å². The molecule has 0 radical (unpaired) electrons. The Hall–Kier alpha value is -1.60. The van der Waals surface area contributed by atoms with E-state index in [4.69, 9.17) is 0 Å². The molecule has 0 amide bonds. The van der Waals surface area contributed by atoms with Crippen LogP contribution >= 0.6 is 0 Å². The van der Waals surface area contributed by atoms with Crippen LogP contribution in [0.5, 0.6) is 0 Å². The van der Waals surface area contributed by atoms with E-state index >= 15 is 0 Å². The standard InChI is InChI=1S/C17H28N4O2S/c1-5-18-16(20-17(2,3)4)19-12-13-6-10-15(11-7-13)24(22,23)21-14-8-9-14/h6-7,10-11,14,21H,5,8-9,12H2,1-4H3,(H2,18,19,20). The van der Waals surface area contributed by atoms with Gasteiger partial charge in [-0.25, -0.2) is 18.1 Å². The highest BCUT2D eigenvalue weighted by molar-refractivity contribution is 7.89. The fraction of sp³-hybridized carbons (Fsp3) is 0.588. The lowest BCUT2D eigenvalue weighted by molar-refractivity contribution is 0.501. The first kappa shape index (κ1) is 18.7. The van der Waals surface area contributed by atoms with E-state index in [0.717, 1.165) is 30.9 Å². The molecule has 0 aliphatic heterocycles. The second-order valence-electron chi connectivity index (χ2n) is 7.11. The van der Waals surface area contributed by atoms with Gasteiger partial charge in [0.2, 0.25) is 10.0 Å². The van der Waals surface area contributed by atoms with Gasteiger partial charge >= 0.3 is 0 Å². The van der Waals surface area contributed by atoms with Gasteiger partial charge in [-0.15, -0.1) is 0 Å². The molecule has 1 aromatic carbocycles. The fourth-order valence-corrected chi connectivity index (χ4v) is 3.40. The normalized spacial score (nSPS) is 16.1. The average Bonchev–Trinajstić information content (AvgIpc) is 3.27. The highest BCUT2D eigenvalue weighted by Crippen LogP contribution is 2.22. The summed E-state index contributed by atoms with van der Waals surface area (Å²) < 4.78 is 27.0. The third-order valence-electron chi connectivity index (χ3n) is 3.39. The van der Waals surface area contributed by atoms with Crippen LogP contribution in [0.3, 0.4) is 0 Å². The number of sulfonamides is 1. The lowest BCUT2D eigenvalue weighted by Gasteiger charge is -2.23. The Morgan fingerprint density at radius 2 is 1.83 bits per heavy atom. The number of guanidine groups is 1. The first-order valence-electron chi connectivity index (χ1n) is 8.37. The zero-order chi connectivity index (χ0) is 17.8. The molecule has 0 spiro atoms. The zero-order valence-corrected chi connectivity index (χ0v) is 15.7. The van der Waals surface area contributed by atoms with Crippen molar-refractivity contribution in [2.75, 3.05) is 6.54 Å². The summed E-state index contributed by atoms with van der Waals surface area (Å²) >= 11 is 0. The molecular weight excluding hydrogens is 324 g/mol. The predicted octanol–water partition coefficient (Wildman–Crippen LogP) is 1.98. The van der Waals surface area contributed by atoms with Crippen molar-refractivity contribution in [3.05, 3.63) is 29.8 Å². The summed E-state index contributed by atoms with van der Waals surface area (Å²) in [4.78, 5) is 4.86. The molecule has 3 N–H and O–H groups in total. The minimum atomic E-state index is -3.39. The molecule has 1 aliphatic carbocycles. The van der Waals surface area contributed by atoms with Gasteiger partial charge in [0.25, 0.3) is 0 Å². The average molecular weight is 353 g/mol. The number of hydrogen-bond donors (Lipinski definition) is 3. The summed E-state index contributed by atoms with van der Waals surface area (Å²) in [5.41, 5.74) is 0.888. The van der Waals surface area contributed by atoms with Crippen LogP contribution in [0.25, 0.3) is 0 Å². The van der Waals surface area contributed by atoms with Crippen molar-refractivity contribution in [3.63, 3.8) is 0 Å². The molecule has 1 saturated carbocycles. The Balaban J connectivity index is 2.03. The summed E-state index contributed by atoms with van der Waals surface area (Å²) in [6.45, 7) is 9.52. The first-order valence-corrected chi connectivity index (χ1v) is 9.86. The Kier molecular flexibility index (Phi) is 5.87. The van der Waals surface area contributed by atoms with Gasteiger partial charge < -0.3 is 10.6 Å². The minimum Gasteiger partial charge on any atom is -0.357 e. The maximum absolute atomic E-state index is 12.1. The molecule has 0 bridgehead atoms. The molecule has 0 saturated heterocycles. The summed E-state index contributed by atoms with van der Waals surface area (Å²) in [6.07, 6.45) is 1.86. The molecule has 0 heterocycles. The number of hydrogen-bond acceptors (Lipinski definition) is 3. The van der Waals surface area contributed by atoms with E-state index in [-0.39, 0.29) is 11.6 Å². The Bertz CT molecular complexity index is 672. The molecule has 24 heavy (non-hydrogen) atoms. The maximum atomic E-state index is 12.1. The predicted molar refractivity (Wildman–Crippen MR) is 97.5 cm³/mol. The highest BCUT2D eigenvalue weighted by atomic mass is 32.2.